The molecule has 0 spiro atoms. The predicted molar refractivity (Wildman–Crippen MR) is 239 cm³/mol. The lowest BCUT2D eigenvalue weighted by Gasteiger charge is -2.17. The Kier molecular flexibility index (Phi) is 39.5. The van der Waals surface area contributed by atoms with Gasteiger partial charge in [-0.05, 0) is 97.7 Å². The van der Waals surface area contributed by atoms with Crippen molar-refractivity contribution in [3.8, 4) is 0 Å². The topological polar surface area (TPSA) is 72.9 Å². The highest BCUT2D eigenvalue weighted by Crippen LogP contribution is 2.41. The number of rotatable bonds is 41. The van der Waals surface area contributed by atoms with E-state index in [9.17, 15) is 14.4 Å². The zero-order valence-corrected chi connectivity index (χ0v) is 38.1. The molecule has 0 aromatic heterocycles. The Balaban J connectivity index is 4.25. The van der Waals surface area contributed by atoms with Gasteiger partial charge in [0.15, 0.2) is 5.52 Å². The van der Waals surface area contributed by atoms with E-state index in [-0.39, 0.29) is 11.9 Å². The van der Waals surface area contributed by atoms with Crippen LogP contribution in [0.3, 0.4) is 0 Å². The average molecular weight is 792 g/mol. The zero-order valence-electron chi connectivity index (χ0n) is 37.2. The first-order chi connectivity index (χ1) is 26.8. The summed E-state index contributed by atoms with van der Waals surface area (Å²) in [7, 11) is 3.56. The molecule has 0 heterocycles. The van der Waals surface area contributed by atoms with Crippen LogP contribution in [0.15, 0.2) is 24.3 Å². The van der Waals surface area contributed by atoms with Gasteiger partial charge >= 0.3 is 11.9 Å². The van der Waals surface area contributed by atoms with Crippen molar-refractivity contribution in [2.75, 3.05) is 46.2 Å². The summed E-state index contributed by atoms with van der Waals surface area (Å²) in [5.74, 6) is 1.35. The SMILES string of the molecule is CCCCC(CC=CCOC(=O)CCCCCCCP(CCCCCCCC(=O)OCC=CCC(CCCC)CCCC)C(=O)CCCN(C)C)CCCC. The first-order valence-electron chi connectivity index (χ1n) is 23.3. The van der Waals surface area contributed by atoms with Crippen LogP contribution >= 0.6 is 7.92 Å². The Morgan fingerprint density at radius 2 is 0.873 bits per heavy atom. The molecule has 0 unspecified atom stereocenters. The van der Waals surface area contributed by atoms with Crippen LogP contribution in [0, 0.1) is 11.8 Å². The van der Waals surface area contributed by atoms with E-state index in [2.05, 4.69) is 58.8 Å². The lowest BCUT2D eigenvalue weighted by molar-refractivity contribution is -0.143. The van der Waals surface area contributed by atoms with Crippen molar-refractivity contribution >= 4 is 25.4 Å². The summed E-state index contributed by atoms with van der Waals surface area (Å²) in [5, 5.41) is 0. The number of hydrogen-bond donors (Lipinski definition) is 0. The van der Waals surface area contributed by atoms with E-state index in [1.54, 1.807) is 0 Å². The standard InChI is InChI=1S/C48H90NO5P/c1-7-11-30-44(31-12-8-2)34-23-25-40-53-46(50)36-21-17-15-19-27-42-55(48(52)38-29-39-49(5)6)43-28-20-16-18-22-37-47(51)54-41-26-24-35-45(32-13-9-3)33-14-10-4/h23-26,44-45H,7-22,27-43H2,1-6H3. The Bertz CT molecular complexity index is 873. The van der Waals surface area contributed by atoms with E-state index in [1.807, 2.05) is 12.2 Å². The molecule has 322 valence electrons. The molecule has 0 bridgehead atoms. The fraction of sp³-hybridized carbons (Fsp3) is 0.854. The maximum absolute atomic E-state index is 13.2. The van der Waals surface area contributed by atoms with Crippen LogP contribution in [0.2, 0.25) is 0 Å². The van der Waals surface area contributed by atoms with Crippen LogP contribution < -0.4 is 0 Å². The number of nitrogens with zero attached hydrogens (tertiary/aromatic N) is 1. The summed E-state index contributed by atoms with van der Waals surface area (Å²) in [5.41, 5.74) is 0.500. The second-order valence-electron chi connectivity index (χ2n) is 16.4. The molecule has 0 saturated carbocycles. The monoisotopic (exact) mass is 792 g/mol. The third kappa shape index (κ3) is 36.6. The van der Waals surface area contributed by atoms with Crippen LogP contribution in [-0.4, -0.2) is 68.5 Å². The maximum atomic E-state index is 13.2. The van der Waals surface area contributed by atoms with Gasteiger partial charge in [0, 0.05) is 19.3 Å². The first kappa shape index (κ1) is 53.5. The molecule has 0 radical (unpaired) electrons. The van der Waals surface area contributed by atoms with Gasteiger partial charge in [0.05, 0.1) is 0 Å². The Labute approximate surface area is 342 Å². The molecular formula is C48H90NO5P. The normalized spacial score (nSPS) is 12.5. The van der Waals surface area contributed by atoms with Gasteiger partial charge in [-0.1, -0.05) is 168 Å². The molecule has 0 amide bonds. The van der Waals surface area contributed by atoms with Crippen LogP contribution in [0.4, 0.5) is 0 Å². The third-order valence-corrected chi connectivity index (χ3v) is 13.4. The fourth-order valence-electron chi connectivity index (χ4n) is 7.14. The number of allylic oxidation sites excluding steroid dienone is 2. The van der Waals surface area contributed by atoms with Gasteiger partial charge in [-0.3, -0.25) is 14.4 Å². The van der Waals surface area contributed by atoms with E-state index in [4.69, 9.17) is 9.47 Å². The molecule has 0 fully saturated rings. The van der Waals surface area contributed by atoms with E-state index >= 15 is 0 Å². The van der Waals surface area contributed by atoms with Gasteiger partial charge in [-0.15, -0.1) is 0 Å². The van der Waals surface area contributed by atoms with E-state index in [0.29, 0.717) is 38.0 Å². The molecule has 0 saturated heterocycles. The highest BCUT2D eigenvalue weighted by molar-refractivity contribution is 7.74. The third-order valence-electron chi connectivity index (χ3n) is 10.8. The molecule has 0 N–H and O–H groups in total. The number of esters is 2. The lowest BCUT2D eigenvalue weighted by atomic mass is 9.93. The summed E-state index contributed by atoms with van der Waals surface area (Å²) < 4.78 is 10.9. The number of ether oxygens (including phenoxy) is 2. The van der Waals surface area contributed by atoms with E-state index in [1.165, 1.54) is 77.0 Å². The Morgan fingerprint density at radius 1 is 0.491 bits per heavy atom. The molecule has 55 heavy (non-hydrogen) atoms. The van der Waals surface area contributed by atoms with Crippen LogP contribution in [0.25, 0.3) is 0 Å². The number of carbonyl (C=O) groups excluding carboxylic acids is 3. The van der Waals surface area contributed by atoms with Gasteiger partial charge in [-0.2, -0.15) is 0 Å². The van der Waals surface area contributed by atoms with E-state index in [0.717, 1.165) is 114 Å². The molecule has 7 heteroatoms. The molecule has 0 aliphatic rings. The van der Waals surface area contributed by atoms with Crippen LogP contribution in [0.5, 0.6) is 0 Å². The summed E-state index contributed by atoms with van der Waals surface area (Å²) in [6.07, 6.45) is 41.3. The minimum atomic E-state index is -0.584. The summed E-state index contributed by atoms with van der Waals surface area (Å²) in [4.78, 5) is 39.8. The zero-order chi connectivity index (χ0) is 40.6. The molecule has 0 aromatic rings. The summed E-state index contributed by atoms with van der Waals surface area (Å²) in [6.45, 7) is 10.8. The maximum Gasteiger partial charge on any atom is 0.306 e. The summed E-state index contributed by atoms with van der Waals surface area (Å²) >= 11 is 0. The van der Waals surface area contributed by atoms with Gasteiger partial charge in [-0.25, -0.2) is 0 Å². The van der Waals surface area contributed by atoms with Gasteiger partial charge < -0.3 is 14.4 Å². The van der Waals surface area contributed by atoms with Gasteiger partial charge in [0.25, 0.3) is 0 Å². The highest BCUT2D eigenvalue weighted by Gasteiger charge is 2.17. The molecule has 6 nitrogen and oxygen atoms in total. The second kappa shape index (κ2) is 40.7. The Hall–Kier alpha value is -1.52. The van der Waals surface area contributed by atoms with Crippen molar-refractivity contribution in [1.29, 1.82) is 0 Å². The minimum Gasteiger partial charge on any atom is -0.461 e. The van der Waals surface area contributed by atoms with Gasteiger partial charge in [0.1, 0.15) is 13.2 Å². The van der Waals surface area contributed by atoms with E-state index < -0.39 is 7.92 Å². The Morgan fingerprint density at radius 3 is 1.25 bits per heavy atom. The average Bonchev–Trinajstić information content (AvgIpc) is 3.17. The molecule has 0 aliphatic heterocycles. The van der Waals surface area contributed by atoms with Crippen molar-refractivity contribution in [2.45, 2.75) is 207 Å². The van der Waals surface area contributed by atoms with Crippen molar-refractivity contribution in [1.82, 2.24) is 4.90 Å². The first-order valence-corrected chi connectivity index (χ1v) is 25.0. The lowest BCUT2D eigenvalue weighted by Crippen LogP contribution is -2.14. The van der Waals surface area contributed by atoms with Crippen molar-refractivity contribution in [3.05, 3.63) is 24.3 Å². The fourth-order valence-corrected chi connectivity index (χ4v) is 9.55. The van der Waals surface area contributed by atoms with Crippen molar-refractivity contribution in [2.24, 2.45) is 11.8 Å². The van der Waals surface area contributed by atoms with Crippen LogP contribution in [-0.2, 0) is 23.9 Å². The number of hydrogen-bond acceptors (Lipinski definition) is 6. The number of carbonyl (C=O) groups is 3. The smallest absolute Gasteiger partial charge is 0.306 e. The van der Waals surface area contributed by atoms with Crippen molar-refractivity contribution in [3.63, 3.8) is 0 Å². The minimum absolute atomic E-state index is 0.0862. The largest absolute Gasteiger partial charge is 0.461 e. The van der Waals surface area contributed by atoms with Crippen LogP contribution in [0.1, 0.15) is 207 Å². The molecule has 0 atom stereocenters. The quantitative estimate of drug-likeness (QED) is 0.0266. The molecule has 0 aliphatic carbocycles. The highest BCUT2D eigenvalue weighted by atomic mass is 31.1. The molecule has 0 rings (SSSR count). The number of unbranched alkanes of at least 4 members (excludes halogenated alkanes) is 12. The van der Waals surface area contributed by atoms with Gasteiger partial charge in [0.2, 0.25) is 0 Å². The molecular weight excluding hydrogens is 702 g/mol. The van der Waals surface area contributed by atoms with Crippen molar-refractivity contribution < 1.29 is 23.9 Å². The second-order valence-corrected chi connectivity index (χ2v) is 18.9. The molecule has 0 aromatic carbocycles. The summed E-state index contributed by atoms with van der Waals surface area (Å²) in [6, 6.07) is 0. The predicted octanol–water partition coefficient (Wildman–Crippen LogP) is 14.0.